The van der Waals surface area contributed by atoms with Crippen molar-refractivity contribution in [1.29, 1.82) is 0 Å². The Labute approximate surface area is 106 Å². The Kier molecular flexibility index (Phi) is 8.57. The largest absolute Gasteiger partial charge is 0.330 e. The van der Waals surface area contributed by atoms with Crippen molar-refractivity contribution >= 4 is 0 Å². The summed E-state index contributed by atoms with van der Waals surface area (Å²) in [4.78, 5) is 4.03. The number of nitrogens with two attached hydrogens (primary N) is 1. The molecule has 2 heteroatoms. The van der Waals surface area contributed by atoms with Crippen LogP contribution >= 0.6 is 0 Å². The minimum absolute atomic E-state index is 0.853. The average molecular weight is 234 g/mol. The number of unbranched alkanes of at least 4 members (excludes halogenated alkanes) is 7. The number of nitrogens with zero attached hydrogens (tertiary/aromatic N) is 1. The highest BCUT2D eigenvalue weighted by molar-refractivity contribution is 5.09. The summed E-state index contributed by atoms with van der Waals surface area (Å²) >= 11 is 0. The quantitative estimate of drug-likeness (QED) is 0.627. The first-order chi connectivity index (χ1) is 8.43. The first-order valence-corrected chi connectivity index (χ1v) is 7.02. The Morgan fingerprint density at radius 1 is 0.765 bits per heavy atom. The fourth-order valence-electron chi connectivity index (χ4n) is 2.08. The van der Waals surface area contributed by atoms with Crippen LogP contribution in [-0.2, 0) is 6.42 Å². The lowest BCUT2D eigenvalue weighted by atomic mass is 10.0. The van der Waals surface area contributed by atoms with E-state index >= 15 is 0 Å². The van der Waals surface area contributed by atoms with Crippen molar-refractivity contribution in [3.8, 4) is 0 Å². The lowest BCUT2D eigenvalue weighted by molar-refractivity contribution is 0.570. The molecule has 0 radical (unpaired) electrons. The van der Waals surface area contributed by atoms with E-state index in [0.29, 0.717) is 0 Å². The predicted molar refractivity (Wildman–Crippen MR) is 73.9 cm³/mol. The van der Waals surface area contributed by atoms with E-state index in [2.05, 4.69) is 17.1 Å². The molecule has 0 aromatic carbocycles. The van der Waals surface area contributed by atoms with Gasteiger partial charge in [-0.1, -0.05) is 38.5 Å². The number of rotatable bonds is 10. The molecular formula is C15H26N2. The highest BCUT2D eigenvalue weighted by atomic mass is 14.6. The second-order valence-electron chi connectivity index (χ2n) is 4.72. The third-order valence-electron chi connectivity index (χ3n) is 3.17. The van der Waals surface area contributed by atoms with Crippen LogP contribution in [0.4, 0.5) is 0 Å². The van der Waals surface area contributed by atoms with Crippen molar-refractivity contribution in [3.05, 3.63) is 30.1 Å². The van der Waals surface area contributed by atoms with E-state index in [1.165, 1.54) is 63.4 Å². The van der Waals surface area contributed by atoms with Crippen molar-refractivity contribution in [3.63, 3.8) is 0 Å². The molecule has 0 bridgehead atoms. The van der Waals surface area contributed by atoms with Gasteiger partial charge < -0.3 is 5.73 Å². The molecule has 2 N–H and O–H groups in total. The summed E-state index contributed by atoms with van der Waals surface area (Å²) in [6, 6.07) is 4.24. The van der Waals surface area contributed by atoms with Gasteiger partial charge in [0.1, 0.15) is 0 Å². The van der Waals surface area contributed by atoms with Gasteiger partial charge >= 0.3 is 0 Å². The number of aromatic nitrogens is 1. The summed E-state index contributed by atoms with van der Waals surface area (Å²) in [7, 11) is 0. The van der Waals surface area contributed by atoms with E-state index in [-0.39, 0.29) is 0 Å². The fourth-order valence-corrected chi connectivity index (χ4v) is 2.08. The van der Waals surface area contributed by atoms with Gasteiger partial charge in [0.05, 0.1) is 0 Å². The molecule has 17 heavy (non-hydrogen) atoms. The molecule has 1 heterocycles. The smallest absolute Gasteiger partial charge is 0.0270 e. The molecule has 1 aromatic rings. The van der Waals surface area contributed by atoms with E-state index < -0.39 is 0 Å². The Bertz CT molecular complexity index is 259. The third kappa shape index (κ3) is 7.92. The molecule has 1 aromatic heterocycles. The van der Waals surface area contributed by atoms with Gasteiger partial charge in [0, 0.05) is 12.4 Å². The fraction of sp³-hybridized carbons (Fsp3) is 0.667. The summed E-state index contributed by atoms with van der Waals surface area (Å²) in [5, 5.41) is 0. The maximum Gasteiger partial charge on any atom is 0.0270 e. The van der Waals surface area contributed by atoms with Gasteiger partial charge in [-0.15, -0.1) is 0 Å². The normalized spacial score (nSPS) is 10.6. The Hall–Kier alpha value is -0.890. The molecule has 0 spiro atoms. The summed E-state index contributed by atoms with van der Waals surface area (Å²) in [5.41, 5.74) is 6.88. The van der Waals surface area contributed by atoms with E-state index in [4.69, 9.17) is 5.73 Å². The minimum atomic E-state index is 0.853. The van der Waals surface area contributed by atoms with E-state index in [1.54, 1.807) is 0 Å². The molecular weight excluding hydrogens is 208 g/mol. The molecule has 0 atom stereocenters. The molecule has 96 valence electrons. The maximum absolute atomic E-state index is 5.46. The molecule has 0 aliphatic carbocycles. The molecule has 0 fully saturated rings. The minimum Gasteiger partial charge on any atom is -0.330 e. The maximum atomic E-state index is 5.46. The van der Waals surface area contributed by atoms with Gasteiger partial charge in [-0.25, -0.2) is 0 Å². The Morgan fingerprint density at radius 2 is 1.29 bits per heavy atom. The predicted octanol–water partition coefficient (Wildman–Crippen LogP) is 3.70. The first kappa shape index (κ1) is 14.2. The average Bonchev–Trinajstić information content (AvgIpc) is 2.38. The van der Waals surface area contributed by atoms with E-state index in [1.807, 2.05) is 12.4 Å². The highest BCUT2D eigenvalue weighted by Crippen LogP contribution is 2.10. The summed E-state index contributed by atoms with van der Waals surface area (Å²) in [5.74, 6) is 0. The van der Waals surface area contributed by atoms with Crippen molar-refractivity contribution in [2.24, 2.45) is 5.73 Å². The molecule has 0 unspecified atom stereocenters. The van der Waals surface area contributed by atoms with Crippen LogP contribution in [-0.4, -0.2) is 11.5 Å². The molecule has 0 amide bonds. The molecule has 0 saturated heterocycles. The monoisotopic (exact) mass is 234 g/mol. The van der Waals surface area contributed by atoms with Gasteiger partial charge in [-0.05, 0) is 43.5 Å². The second kappa shape index (κ2) is 10.3. The van der Waals surface area contributed by atoms with Crippen LogP contribution in [0.25, 0.3) is 0 Å². The number of aryl methyl sites for hydroxylation is 1. The first-order valence-electron chi connectivity index (χ1n) is 7.02. The van der Waals surface area contributed by atoms with Crippen molar-refractivity contribution in [2.45, 2.75) is 57.8 Å². The number of pyridine rings is 1. The zero-order chi connectivity index (χ0) is 12.2. The van der Waals surface area contributed by atoms with E-state index in [9.17, 15) is 0 Å². The van der Waals surface area contributed by atoms with Crippen LogP contribution in [0.15, 0.2) is 24.5 Å². The van der Waals surface area contributed by atoms with Crippen LogP contribution in [0, 0.1) is 0 Å². The number of hydrogen-bond acceptors (Lipinski definition) is 2. The standard InChI is InChI=1S/C15H26N2/c16-12-8-6-4-2-1-3-5-7-9-15-10-13-17-14-11-15/h10-11,13-14H,1-9,12,16H2. The van der Waals surface area contributed by atoms with Crippen LogP contribution in [0.3, 0.4) is 0 Å². The molecule has 2 nitrogen and oxygen atoms in total. The van der Waals surface area contributed by atoms with Gasteiger partial charge in [0.25, 0.3) is 0 Å². The van der Waals surface area contributed by atoms with Crippen molar-refractivity contribution < 1.29 is 0 Å². The Balaban J connectivity index is 1.85. The van der Waals surface area contributed by atoms with Gasteiger partial charge in [0.15, 0.2) is 0 Å². The van der Waals surface area contributed by atoms with E-state index in [0.717, 1.165) is 6.54 Å². The number of hydrogen-bond donors (Lipinski definition) is 1. The van der Waals surface area contributed by atoms with Gasteiger partial charge in [0.2, 0.25) is 0 Å². The lowest BCUT2D eigenvalue weighted by Crippen LogP contribution is -1.97. The topological polar surface area (TPSA) is 38.9 Å². The Morgan fingerprint density at radius 3 is 1.88 bits per heavy atom. The van der Waals surface area contributed by atoms with Crippen LogP contribution in [0.5, 0.6) is 0 Å². The van der Waals surface area contributed by atoms with Gasteiger partial charge in [-0.2, -0.15) is 0 Å². The summed E-state index contributed by atoms with van der Waals surface area (Å²) in [6.45, 7) is 0.853. The second-order valence-corrected chi connectivity index (χ2v) is 4.72. The lowest BCUT2D eigenvalue weighted by Gasteiger charge is -2.02. The molecule has 1 rings (SSSR count). The van der Waals surface area contributed by atoms with Crippen molar-refractivity contribution in [2.75, 3.05) is 6.54 Å². The van der Waals surface area contributed by atoms with Crippen LogP contribution in [0.1, 0.15) is 56.9 Å². The zero-order valence-corrected chi connectivity index (χ0v) is 10.9. The van der Waals surface area contributed by atoms with Crippen LogP contribution in [0.2, 0.25) is 0 Å². The highest BCUT2D eigenvalue weighted by Gasteiger charge is 1.94. The van der Waals surface area contributed by atoms with Crippen molar-refractivity contribution in [1.82, 2.24) is 4.98 Å². The molecule has 0 saturated carbocycles. The SMILES string of the molecule is NCCCCCCCCCCc1ccncc1. The third-order valence-corrected chi connectivity index (χ3v) is 3.17. The summed E-state index contributed by atoms with van der Waals surface area (Å²) in [6.07, 6.45) is 15.7. The van der Waals surface area contributed by atoms with Gasteiger partial charge in [-0.3, -0.25) is 4.98 Å². The summed E-state index contributed by atoms with van der Waals surface area (Å²) < 4.78 is 0. The molecule has 0 aliphatic rings. The molecule has 0 aliphatic heterocycles. The van der Waals surface area contributed by atoms with Crippen LogP contribution < -0.4 is 5.73 Å². The zero-order valence-electron chi connectivity index (χ0n) is 10.9.